The number of benzene rings is 1. The molecule has 0 radical (unpaired) electrons. The first kappa shape index (κ1) is 8.74. The number of cyclic esters (lactones) is 1. The molecule has 0 N–H and O–H groups in total. The smallest absolute Gasteiger partial charge is 0.415 e. The van der Waals surface area contributed by atoms with Gasteiger partial charge in [0, 0.05) is 5.69 Å². The molecule has 1 atom stereocenters. The van der Waals surface area contributed by atoms with E-state index in [9.17, 15) is 9.59 Å². The number of rotatable bonds is 2. The van der Waals surface area contributed by atoms with Crippen LogP contribution in [0.5, 0.6) is 0 Å². The molecule has 1 fully saturated rings. The predicted molar refractivity (Wildman–Crippen MR) is 50.1 cm³/mol. The highest BCUT2D eigenvalue weighted by Crippen LogP contribution is 2.19. The summed E-state index contributed by atoms with van der Waals surface area (Å²) in [5.41, 5.74) is 0.752. The van der Waals surface area contributed by atoms with Gasteiger partial charge in [-0.2, -0.15) is 0 Å². The molecule has 1 heterocycles. The van der Waals surface area contributed by atoms with E-state index in [0.29, 0.717) is 12.8 Å². The first-order valence-corrected chi connectivity index (χ1v) is 4.30. The third-order valence-electron chi connectivity index (χ3n) is 2.05. The highest BCUT2D eigenvalue weighted by molar-refractivity contribution is 5.91. The second-order valence-corrected chi connectivity index (χ2v) is 3.00. The van der Waals surface area contributed by atoms with E-state index >= 15 is 0 Å². The van der Waals surface area contributed by atoms with Crippen LogP contribution in [0.25, 0.3) is 0 Å². The van der Waals surface area contributed by atoms with Crippen molar-refractivity contribution in [3.63, 3.8) is 0 Å². The van der Waals surface area contributed by atoms with E-state index in [1.807, 2.05) is 18.2 Å². The summed E-state index contributed by atoms with van der Waals surface area (Å²) >= 11 is 0. The molecule has 0 spiro atoms. The summed E-state index contributed by atoms with van der Waals surface area (Å²) < 4.78 is 4.80. The van der Waals surface area contributed by atoms with Gasteiger partial charge in [0.25, 0.3) is 0 Å². The molecule has 0 aromatic heterocycles. The van der Waals surface area contributed by atoms with Gasteiger partial charge in [-0.15, -0.1) is 0 Å². The molecule has 0 unspecified atom stereocenters. The molecule has 1 saturated heterocycles. The van der Waals surface area contributed by atoms with Gasteiger partial charge in [0.2, 0.25) is 0 Å². The minimum atomic E-state index is -0.636. The number of ether oxygens (including phenoxy) is 1. The van der Waals surface area contributed by atoms with Crippen LogP contribution in [0.3, 0.4) is 0 Å². The zero-order valence-electron chi connectivity index (χ0n) is 7.42. The number of hydrogen-bond donors (Lipinski definition) is 0. The van der Waals surface area contributed by atoms with Gasteiger partial charge in [0.05, 0.1) is 6.54 Å². The monoisotopic (exact) mass is 191 g/mol. The maximum Gasteiger partial charge on any atom is 0.415 e. The third-order valence-corrected chi connectivity index (χ3v) is 2.05. The van der Waals surface area contributed by atoms with Crippen molar-refractivity contribution in [3.05, 3.63) is 30.3 Å². The zero-order valence-corrected chi connectivity index (χ0v) is 7.42. The van der Waals surface area contributed by atoms with Gasteiger partial charge in [-0.05, 0) is 12.1 Å². The molecule has 1 aliphatic rings. The molecule has 1 aliphatic heterocycles. The summed E-state index contributed by atoms with van der Waals surface area (Å²) in [6.07, 6.45) is -0.461. The van der Waals surface area contributed by atoms with Crippen LogP contribution < -0.4 is 4.90 Å². The Morgan fingerprint density at radius 3 is 2.64 bits per heavy atom. The van der Waals surface area contributed by atoms with Gasteiger partial charge >= 0.3 is 6.09 Å². The molecule has 0 aliphatic carbocycles. The number of para-hydroxylation sites is 1. The molecule has 72 valence electrons. The lowest BCUT2D eigenvalue weighted by atomic mass is 10.3. The fraction of sp³-hybridized carbons (Fsp3) is 0.200. The lowest BCUT2D eigenvalue weighted by Gasteiger charge is -2.11. The quantitative estimate of drug-likeness (QED) is 0.660. The Kier molecular flexibility index (Phi) is 2.18. The molecule has 4 heteroatoms. The second kappa shape index (κ2) is 3.49. The van der Waals surface area contributed by atoms with Crippen molar-refractivity contribution < 1.29 is 14.3 Å². The summed E-state index contributed by atoms with van der Waals surface area (Å²) in [6.45, 7) is 0.298. The van der Waals surface area contributed by atoms with Crippen molar-refractivity contribution >= 4 is 18.1 Å². The van der Waals surface area contributed by atoms with Crippen molar-refractivity contribution in [1.29, 1.82) is 0 Å². The Morgan fingerprint density at radius 1 is 1.36 bits per heavy atom. The molecule has 1 aromatic carbocycles. The SMILES string of the molecule is O=C[C@H]1CN(c2ccccc2)C(=O)O1. The highest BCUT2D eigenvalue weighted by atomic mass is 16.6. The molecule has 1 aromatic rings. The van der Waals surface area contributed by atoms with E-state index < -0.39 is 12.2 Å². The van der Waals surface area contributed by atoms with Crippen LogP contribution in [-0.4, -0.2) is 25.0 Å². The van der Waals surface area contributed by atoms with E-state index in [0.717, 1.165) is 5.69 Å². The lowest BCUT2D eigenvalue weighted by Crippen LogP contribution is -2.24. The molecular weight excluding hydrogens is 182 g/mol. The highest BCUT2D eigenvalue weighted by Gasteiger charge is 2.31. The molecule has 14 heavy (non-hydrogen) atoms. The van der Waals surface area contributed by atoms with Crippen LogP contribution in [0, 0.1) is 0 Å². The fourth-order valence-electron chi connectivity index (χ4n) is 1.37. The first-order chi connectivity index (χ1) is 6.81. The van der Waals surface area contributed by atoms with Crippen LogP contribution in [-0.2, 0) is 9.53 Å². The van der Waals surface area contributed by atoms with E-state index in [1.165, 1.54) is 4.90 Å². The van der Waals surface area contributed by atoms with E-state index in [2.05, 4.69) is 0 Å². The van der Waals surface area contributed by atoms with Crippen molar-refractivity contribution in [2.24, 2.45) is 0 Å². The number of carbonyl (C=O) groups excluding carboxylic acids is 2. The average Bonchev–Trinajstić information content (AvgIpc) is 2.61. The Hall–Kier alpha value is -1.84. The first-order valence-electron chi connectivity index (χ1n) is 4.30. The molecular formula is C10H9NO3. The maximum atomic E-state index is 11.3. The predicted octanol–water partition coefficient (Wildman–Crippen LogP) is 1.21. The number of anilines is 1. The largest absolute Gasteiger partial charge is 0.436 e. The maximum absolute atomic E-state index is 11.3. The molecule has 0 saturated carbocycles. The topological polar surface area (TPSA) is 46.6 Å². The second-order valence-electron chi connectivity index (χ2n) is 3.00. The summed E-state index contributed by atoms with van der Waals surface area (Å²) in [5, 5.41) is 0. The van der Waals surface area contributed by atoms with Gasteiger partial charge in [0.1, 0.15) is 0 Å². The zero-order chi connectivity index (χ0) is 9.97. The van der Waals surface area contributed by atoms with Crippen molar-refractivity contribution in [2.45, 2.75) is 6.10 Å². The van der Waals surface area contributed by atoms with Crippen LogP contribution in [0.2, 0.25) is 0 Å². The third kappa shape index (κ3) is 1.46. The van der Waals surface area contributed by atoms with Gasteiger partial charge in [-0.25, -0.2) is 4.79 Å². The molecule has 2 rings (SSSR count). The normalized spacial score (nSPS) is 20.7. The standard InChI is InChI=1S/C10H9NO3/c12-7-9-6-11(10(13)14-9)8-4-2-1-3-5-8/h1-5,7,9H,6H2/t9-/m1/s1. The molecule has 0 bridgehead atoms. The van der Waals surface area contributed by atoms with Gasteiger partial charge in [0.15, 0.2) is 12.4 Å². The lowest BCUT2D eigenvalue weighted by molar-refractivity contribution is -0.113. The minimum Gasteiger partial charge on any atom is -0.436 e. The Bertz CT molecular complexity index is 350. The van der Waals surface area contributed by atoms with Crippen LogP contribution in [0.4, 0.5) is 10.5 Å². The minimum absolute atomic E-state index is 0.298. The Balaban J connectivity index is 2.21. The summed E-state index contributed by atoms with van der Waals surface area (Å²) in [4.78, 5) is 23.2. The van der Waals surface area contributed by atoms with Crippen molar-refractivity contribution in [2.75, 3.05) is 11.4 Å². The number of aldehydes is 1. The summed E-state index contributed by atoms with van der Waals surface area (Å²) in [7, 11) is 0. The van der Waals surface area contributed by atoms with Gasteiger partial charge in [-0.3, -0.25) is 9.69 Å². The number of carbonyl (C=O) groups is 2. The van der Waals surface area contributed by atoms with Gasteiger partial charge in [-0.1, -0.05) is 18.2 Å². The van der Waals surface area contributed by atoms with E-state index in [-0.39, 0.29) is 0 Å². The average molecular weight is 191 g/mol. The Labute approximate surface area is 81.1 Å². The molecule has 1 amide bonds. The number of nitrogens with zero attached hydrogens (tertiary/aromatic N) is 1. The summed E-state index contributed by atoms with van der Waals surface area (Å²) in [5.74, 6) is 0. The fourth-order valence-corrected chi connectivity index (χ4v) is 1.37. The van der Waals surface area contributed by atoms with Crippen molar-refractivity contribution in [3.8, 4) is 0 Å². The van der Waals surface area contributed by atoms with E-state index in [4.69, 9.17) is 4.74 Å². The van der Waals surface area contributed by atoms with Crippen LogP contribution in [0.15, 0.2) is 30.3 Å². The van der Waals surface area contributed by atoms with Crippen LogP contribution >= 0.6 is 0 Å². The number of hydrogen-bond acceptors (Lipinski definition) is 3. The summed E-state index contributed by atoms with van der Waals surface area (Å²) in [6, 6.07) is 9.12. The number of amides is 1. The Morgan fingerprint density at radius 2 is 2.07 bits per heavy atom. The van der Waals surface area contributed by atoms with Crippen molar-refractivity contribution in [1.82, 2.24) is 0 Å². The molecule has 4 nitrogen and oxygen atoms in total. The van der Waals surface area contributed by atoms with E-state index in [1.54, 1.807) is 12.1 Å². The van der Waals surface area contributed by atoms with Crippen LogP contribution in [0.1, 0.15) is 0 Å². The van der Waals surface area contributed by atoms with Gasteiger partial charge < -0.3 is 4.74 Å².